The Bertz CT molecular complexity index is 600. The highest BCUT2D eigenvalue weighted by Gasteiger charge is 2.11. The third kappa shape index (κ3) is 6.14. The quantitative estimate of drug-likeness (QED) is 0.339. The number of hydrogen-bond acceptors (Lipinski definition) is 6. The van der Waals surface area contributed by atoms with E-state index in [1.165, 1.54) is 0 Å². The van der Waals surface area contributed by atoms with E-state index in [0.717, 1.165) is 17.9 Å². The van der Waals surface area contributed by atoms with E-state index >= 15 is 0 Å². The number of aryl methyl sites for hydroxylation is 1. The minimum atomic E-state index is -3.77. The molecule has 0 aromatic heterocycles. The first-order valence-corrected chi connectivity index (χ1v) is 7.47. The fraction of sp³-hybridized carbons (Fsp3) is 0.231. The average molecular weight is 298 g/mol. The predicted molar refractivity (Wildman–Crippen MR) is 71.5 cm³/mol. The molecule has 6 nitrogen and oxygen atoms in total. The van der Waals surface area contributed by atoms with Crippen molar-refractivity contribution in [1.82, 2.24) is 0 Å². The molecule has 0 spiro atoms. The molecule has 20 heavy (non-hydrogen) atoms. The van der Waals surface area contributed by atoms with Gasteiger partial charge in [-0.3, -0.25) is 4.79 Å². The van der Waals surface area contributed by atoms with Crippen LogP contribution in [0.2, 0.25) is 0 Å². The first kappa shape index (κ1) is 15.9. The highest BCUT2D eigenvalue weighted by atomic mass is 32.2. The van der Waals surface area contributed by atoms with Crippen molar-refractivity contribution in [3.63, 3.8) is 0 Å². The third-order valence-corrected chi connectivity index (χ3v) is 2.66. The molecular weight excluding hydrogens is 284 g/mol. The predicted octanol–water partition coefficient (Wildman–Crippen LogP) is 1.21. The van der Waals surface area contributed by atoms with Gasteiger partial charge in [0.25, 0.3) is 0 Å². The maximum atomic E-state index is 11.2. The second kappa shape index (κ2) is 6.85. The summed E-state index contributed by atoms with van der Waals surface area (Å²) in [5, 5.41) is 0. The van der Waals surface area contributed by atoms with Crippen LogP contribution in [0.15, 0.2) is 36.9 Å². The van der Waals surface area contributed by atoms with Gasteiger partial charge in [0.15, 0.2) is 0 Å². The summed E-state index contributed by atoms with van der Waals surface area (Å²) in [5.41, 5.74) is 0.786. The lowest BCUT2D eigenvalue weighted by Crippen LogP contribution is -2.11. The molecule has 0 bridgehead atoms. The number of rotatable bonds is 6. The molecule has 0 atom stereocenters. The van der Waals surface area contributed by atoms with Crippen LogP contribution in [0.1, 0.15) is 12.0 Å². The summed E-state index contributed by atoms with van der Waals surface area (Å²) < 4.78 is 30.5. The lowest BCUT2D eigenvalue weighted by Gasteiger charge is -2.04. The highest BCUT2D eigenvalue weighted by molar-refractivity contribution is 7.86. The molecule has 0 unspecified atom stereocenters. The highest BCUT2D eigenvalue weighted by Crippen LogP contribution is 2.14. The Labute approximate surface area is 117 Å². The molecule has 1 aromatic carbocycles. The molecule has 0 aliphatic heterocycles. The van der Waals surface area contributed by atoms with Crippen LogP contribution in [0.3, 0.4) is 0 Å². The minimum Gasteiger partial charge on any atom is -0.423 e. The van der Waals surface area contributed by atoms with Crippen LogP contribution in [-0.4, -0.2) is 26.6 Å². The first-order chi connectivity index (χ1) is 9.30. The Hall–Kier alpha value is -2.15. The van der Waals surface area contributed by atoms with Gasteiger partial charge in [-0.05, 0) is 24.1 Å². The normalized spacial score (nSPS) is 10.7. The number of benzene rings is 1. The Kier molecular flexibility index (Phi) is 5.45. The first-order valence-electron chi connectivity index (χ1n) is 5.65. The van der Waals surface area contributed by atoms with Crippen LogP contribution in [0.25, 0.3) is 0 Å². The molecule has 0 heterocycles. The minimum absolute atomic E-state index is 0.0567. The van der Waals surface area contributed by atoms with Gasteiger partial charge in [0, 0.05) is 6.08 Å². The summed E-state index contributed by atoms with van der Waals surface area (Å²) >= 11 is 0. The van der Waals surface area contributed by atoms with Crippen molar-refractivity contribution in [2.45, 2.75) is 12.8 Å². The SMILES string of the molecule is C=CC(=O)Oc1ccc(CCC(=O)OS(C)(=O)=O)cc1. The van der Waals surface area contributed by atoms with Crippen LogP contribution in [-0.2, 0) is 30.3 Å². The lowest BCUT2D eigenvalue weighted by molar-refractivity contribution is -0.133. The Morgan fingerprint density at radius 2 is 1.85 bits per heavy atom. The summed E-state index contributed by atoms with van der Waals surface area (Å²) in [6.45, 7) is 3.28. The van der Waals surface area contributed by atoms with Gasteiger partial charge in [-0.1, -0.05) is 18.7 Å². The summed E-state index contributed by atoms with van der Waals surface area (Å²) in [5.74, 6) is -1.01. The van der Waals surface area contributed by atoms with Gasteiger partial charge in [-0.15, -0.1) is 0 Å². The molecule has 108 valence electrons. The smallest absolute Gasteiger partial charge is 0.335 e. The number of ether oxygens (including phenoxy) is 1. The molecule has 0 aliphatic rings. The number of carbonyl (C=O) groups is 2. The summed E-state index contributed by atoms with van der Waals surface area (Å²) in [6.07, 6.45) is 2.13. The number of hydrogen-bond donors (Lipinski definition) is 0. The van der Waals surface area contributed by atoms with Crippen LogP contribution in [0, 0.1) is 0 Å². The fourth-order valence-corrected chi connectivity index (χ4v) is 1.76. The van der Waals surface area contributed by atoms with Gasteiger partial charge in [0.2, 0.25) is 0 Å². The van der Waals surface area contributed by atoms with Crippen molar-refractivity contribution < 1.29 is 26.9 Å². The van der Waals surface area contributed by atoms with E-state index in [-0.39, 0.29) is 6.42 Å². The van der Waals surface area contributed by atoms with Gasteiger partial charge in [0.1, 0.15) is 5.75 Å². The summed E-state index contributed by atoms with van der Waals surface area (Å²) in [4.78, 5) is 22.2. The summed E-state index contributed by atoms with van der Waals surface area (Å²) in [7, 11) is -3.77. The number of carbonyl (C=O) groups excluding carboxylic acids is 2. The van der Waals surface area contributed by atoms with Crippen molar-refractivity contribution in [2.75, 3.05) is 6.26 Å². The van der Waals surface area contributed by atoms with Gasteiger partial charge in [-0.25, -0.2) is 4.79 Å². The maximum absolute atomic E-state index is 11.2. The standard InChI is InChI=1S/C13H14O6S/c1-3-12(14)18-11-7-4-10(5-8-11)6-9-13(15)19-20(2,16)17/h3-5,7-8H,1,6,9H2,2H3. The van der Waals surface area contributed by atoms with Crippen molar-refractivity contribution in [1.29, 1.82) is 0 Å². The van der Waals surface area contributed by atoms with E-state index in [1.807, 2.05) is 0 Å². The van der Waals surface area contributed by atoms with Gasteiger partial charge in [0.05, 0.1) is 12.7 Å². The zero-order valence-electron chi connectivity index (χ0n) is 10.9. The van der Waals surface area contributed by atoms with E-state index in [2.05, 4.69) is 10.8 Å². The Morgan fingerprint density at radius 3 is 2.35 bits per heavy atom. The molecule has 0 amide bonds. The van der Waals surface area contributed by atoms with E-state index in [0.29, 0.717) is 12.2 Å². The zero-order chi connectivity index (χ0) is 15.2. The lowest BCUT2D eigenvalue weighted by atomic mass is 10.1. The molecule has 0 saturated carbocycles. The van der Waals surface area contributed by atoms with Crippen molar-refractivity contribution in [2.24, 2.45) is 0 Å². The van der Waals surface area contributed by atoms with E-state index < -0.39 is 22.1 Å². The van der Waals surface area contributed by atoms with Gasteiger partial charge in [-0.2, -0.15) is 8.42 Å². The molecule has 0 N–H and O–H groups in total. The van der Waals surface area contributed by atoms with E-state index in [4.69, 9.17) is 4.74 Å². The maximum Gasteiger partial charge on any atom is 0.335 e. The fourth-order valence-electron chi connectivity index (χ4n) is 1.34. The molecule has 0 fully saturated rings. The van der Waals surface area contributed by atoms with E-state index in [1.54, 1.807) is 24.3 Å². The molecule has 1 rings (SSSR count). The summed E-state index contributed by atoms with van der Waals surface area (Å²) in [6, 6.07) is 6.47. The number of esters is 1. The molecular formula is C13H14O6S. The van der Waals surface area contributed by atoms with Crippen molar-refractivity contribution in [3.8, 4) is 5.75 Å². The van der Waals surface area contributed by atoms with E-state index in [9.17, 15) is 18.0 Å². The molecule has 0 saturated heterocycles. The van der Waals surface area contributed by atoms with Crippen LogP contribution in [0.5, 0.6) is 5.75 Å². The Balaban J connectivity index is 2.52. The molecule has 7 heteroatoms. The van der Waals surface area contributed by atoms with Gasteiger partial charge < -0.3 is 8.92 Å². The monoisotopic (exact) mass is 298 g/mol. The van der Waals surface area contributed by atoms with Crippen LogP contribution in [0.4, 0.5) is 0 Å². The second-order valence-corrected chi connectivity index (χ2v) is 5.50. The largest absolute Gasteiger partial charge is 0.423 e. The second-order valence-electron chi connectivity index (χ2n) is 3.93. The van der Waals surface area contributed by atoms with Crippen molar-refractivity contribution in [3.05, 3.63) is 42.5 Å². The zero-order valence-corrected chi connectivity index (χ0v) is 11.7. The average Bonchev–Trinajstić information content (AvgIpc) is 2.36. The Morgan fingerprint density at radius 1 is 1.25 bits per heavy atom. The van der Waals surface area contributed by atoms with Crippen LogP contribution < -0.4 is 4.74 Å². The molecule has 0 radical (unpaired) electrons. The molecule has 1 aromatic rings. The van der Waals surface area contributed by atoms with Crippen LogP contribution >= 0.6 is 0 Å². The molecule has 0 aliphatic carbocycles. The topological polar surface area (TPSA) is 86.7 Å². The van der Waals surface area contributed by atoms with Crippen molar-refractivity contribution >= 4 is 22.1 Å². The third-order valence-electron chi connectivity index (χ3n) is 2.17. The van der Waals surface area contributed by atoms with Gasteiger partial charge >= 0.3 is 22.1 Å².